The van der Waals surface area contributed by atoms with Gasteiger partial charge < -0.3 is 4.90 Å². The molecule has 1 heterocycles. The van der Waals surface area contributed by atoms with E-state index in [1.165, 1.54) is 0 Å². The Morgan fingerprint density at radius 1 is 1.78 bits per heavy atom. The molecule has 0 unspecified atom stereocenters. The Hall–Kier alpha value is -0.440. The van der Waals surface area contributed by atoms with Crippen LogP contribution in [0.25, 0.3) is 0 Å². The van der Waals surface area contributed by atoms with E-state index in [4.69, 9.17) is 0 Å². The van der Waals surface area contributed by atoms with Crippen molar-refractivity contribution < 1.29 is 0 Å². The lowest BCUT2D eigenvalue weighted by Gasteiger charge is -2.17. The molecule has 0 aromatic heterocycles. The lowest BCUT2D eigenvalue weighted by Crippen LogP contribution is -2.22. The van der Waals surface area contributed by atoms with Gasteiger partial charge in [0.05, 0.1) is 6.54 Å². The van der Waals surface area contributed by atoms with E-state index in [2.05, 4.69) is 22.5 Å². The Kier molecular flexibility index (Phi) is 1.81. The van der Waals surface area contributed by atoms with Crippen molar-refractivity contribution in [2.24, 2.45) is 4.99 Å². The van der Waals surface area contributed by atoms with E-state index in [1.807, 2.05) is 20.2 Å². The number of thiol groups is 1. The molecule has 0 bridgehead atoms. The molecule has 0 radical (unpaired) electrons. The van der Waals surface area contributed by atoms with Gasteiger partial charge in [0.1, 0.15) is 5.03 Å². The summed E-state index contributed by atoms with van der Waals surface area (Å²) < 4.78 is 0. The third kappa shape index (κ3) is 1.75. The van der Waals surface area contributed by atoms with Gasteiger partial charge in [-0.15, -0.1) is 12.6 Å². The average molecular weight is 142 g/mol. The van der Waals surface area contributed by atoms with Crippen molar-refractivity contribution in [3.05, 3.63) is 11.2 Å². The Morgan fingerprint density at radius 3 is 2.89 bits per heavy atom. The highest BCUT2D eigenvalue weighted by atomic mass is 32.1. The quantitative estimate of drug-likeness (QED) is 0.501. The molecule has 0 fully saturated rings. The highest BCUT2D eigenvalue weighted by Crippen LogP contribution is 2.08. The maximum atomic E-state index is 4.13. The van der Waals surface area contributed by atoms with Gasteiger partial charge >= 0.3 is 0 Å². The van der Waals surface area contributed by atoms with Gasteiger partial charge in [0.15, 0.2) is 0 Å². The molecule has 0 saturated carbocycles. The summed E-state index contributed by atoms with van der Waals surface area (Å²) in [6, 6.07) is 0. The van der Waals surface area contributed by atoms with Gasteiger partial charge in [0.25, 0.3) is 0 Å². The summed E-state index contributed by atoms with van der Waals surface area (Å²) >= 11 is 4.11. The standard InChI is InChI=1S/C6H10N2S/c1-5-3-8(2)4-6(9)7-5/h4,9H,3H2,1-2H3. The molecule has 0 aromatic rings. The number of rotatable bonds is 0. The van der Waals surface area contributed by atoms with E-state index >= 15 is 0 Å². The second-order valence-electron chi connectivity index (χ2n) is 2.25. The highest BCUT2D eigenvalue weighted by Gasteiger charge is 2.02. The van der Waals surface area contributed by atoms with E-state index in [1.54, 1.807) is 0 Å². The van der Waals surface area contributed by atoms with Gasteiger partial charge in [0, 0.05) is 19.0 Å². The minimum atomic E-state index is 0.793. The van der Waals surface area contributed by atoms with Crippen LogP contribution < -0.4 is 0 Å². The van der Waals surface area contributed by atoms with Crippen LogP contribution >= 0.6 is 12.6 Å². The first-order chi connectivity index (χ1) is 4.18. The summed E-state index contributed by atoms with van der Waals surface area (Å²) in [4.78, 5) is 6.19. The van der Waals surface area contributed by atoms with Crippen molar-refractivity contribution in [1.29, 1.82) is 0 Å². The largest absolute Gasteiger partial charge is 0.373 e. The lowest BCUT2D eigenvalue weighted by molar-refractivity contribution is 0.514. The summed E-state index contributed by atoms with van der Waals surface area (Å²) in [5.41, 5.74) is 1.12. The second-order valence-corrected chi connectivity index (χ2v) is 2.71. The Labute approximate surface area is 60.7 Å². The summed E-state index contributed by atoms with van der Waals surface area (Å²) in [5, 5.41) is 0.793. The zero-order chi connectivity index (χ0) is 6.85. The van der Waals surface area contributed by atoms with Gasteiger partial charge in [-0.3, -0.25) is 0 Å². The summed E-state index contributed by atoms with van der Waals surface area (Å²) in [7, 11) is 2.01. The van der Waals surface area contributed by atoms with Crippen LogP contribution in [0.2, 0.25) is 0 Å². The topological polar surface area (TPSA) is 15.6 Å². The van der Waals surface area contributed by atoms with E-state index in [-0.39, 0.29) is 0 Å². The molecule has 0 atom stereocenters. The molecule has 2 nitrogen and oxygen atoms in total. The van der Waals surface area contributed by atoms with Crippen molar-refractivity contribution in [2.75, 3.05) is 13.6 Å². The number of nitrogens with zero attached hydrogens (tertiary/aromatic N) is 2. The summed E-state index contributed by atoms with van der Waals surface area (Å²) in [6.45, 7) is 2.92. The van der Waals surface area contributed by atoms with E-state index in [0.717, 1.165) is 17.3 Å². The first kappa shape index (κ1) is 6.68. The predicted molar refractivity (Wildman–Crippen MR) is 42.8 cm³/mol. The van der Waals surface area contributed by atoms with Crippen molar-refractivity contribution in [2.45, 2.75) is 6.92 Å². The molecule has 0 aromatic carbocycles. The number of aliphatic imine (C=N–C) groups is 1. The van der Waals surface area contributed by atoms with Crippen LogP contribution in [0.5, 0.6) is 0 Å². The van der Waals surface area contributed by atoms with Crippen LogP contribution in [0.1, 0.15) is 6.92 Å². The van der Waals surface area contributed by atoms with Crippen LogP contribution in [0.3, 0.4) is 0 Å². The molecule has 3 heteroatoms. The van der Waals surface area contributed by atoms with E-state index < -0.39 is 0 Å². The zero-order valence-electron chi connectivity index (χ0n) is 5.63. The van der Waals surface area contributed by atoms with Crippen molar-refractivity contribution in [3.8, 4) is 0 Å². The maximum Gasteiger partial charge on any atom is 0.109 e. The third-order valence-electron chi connectivity index (χ3n) is 1.12. The van der Waals surface area contributed by atoms with Crippen LogP contribution in [0.4, 0.5) is 0 Å². The fourth-order valence-electron chi connectivity index (χ4n) is 0.863. The van der Waals surface area contributed by atoms with Crippen LogP contribution in [0.15, 0.2) is 16.2 Å². The molecule has 0 N–H and O–H groups in total. The van der Waals surface area contributed by atoms with E-state index in [9.17, 15) is 0 Å². The highest BCUT2D eigenvalue weighted by molar-refractivity contribution is 7.84. The molecule has 0 amide bonds. The molecule has 1 aliphatic rings. The van der Waals surface area contributed by atoms with Gasteiger partial charge in [-0.05, 0) is 6.92 Å². The second kappa shape index (κ2) is 2.43. The lowest BCUT2D eigenvalue weighted by atomic mass is 10.4. The first-order valence-corrected chi connectivity index (χ1v) is 3.28. The SMILES string of the molecule is CC1=NC(S)=CN(C)C1. The Morgan fingerprint density at radius 2 is 2.44 bits per heavy atom. The minimum Gasteiger partial charge on any atom is -0.373 e. The average Bonchev–Trinajstić information content (AvgIpc) is 1.59. The van der Waals surface area contributed by atoms with Crippen LogP contribution in [-0.2, 0) is 0 Å². The molecule has 1 aliphatic heterocycles. The number of hydrogen-bond acceptors (Lipinski definition) is 3. The first-order valence-electron chi connectivity index (χ1n) is 2.83. The predicted octanol–water partition coefficient (Wildman–Crippen LogP) is 1.12. The fourth-order valence-corrected chi connectivity index (χ4v) is 1.23. The summed E-state index contributed by atoms with van der Waals surface area (Å²) in [6.07, 6.45) is 1.91. The molecule has 0 spiro atoms. The van der Waals surface area contributed by atoms with Crippen LogP contribution in [-0.4, -0.2) is 24.2 Å². The van der Waals surface area contributed by atoms with Crippen molar-refractivity contribution in [3.63, 3.8) is 0 Å². The molecule has 0 aliphatic carbocycles. The molecule has 50 valence electrons. The zero-order valence-corrected chi connectivity index (χ0v) is 6.52. The molecular weight excluding hydrogens is 132 g/mol. The molecule has 1 rings (SSSR count). The monoisotopic (exact) mass is 142 g/mol. The Bertz CT molecular complexity index is 172. The third-order valence-corrected chi connectivity index (χ3v) is 1.33. The van der Waals surface area contributed by atoms with Gasteiger partial charge in [-0.1, -0.05) is 0 Å². The summed E-state index contributed by atoms with van der Waals surface area (Å²) in [5.74, 6) is 0. The fraction of sp³-hybridized carbons (Fsp3) is 0.500. The maximum absolute atomic E-state index is 4.13. The Balaban J connectivity index is 2.74. The smallest absolute Gasteiger partial charge is 0.109 e. The van der Waals surface area contributed by atoms with E-state index in [0.29, 0.717) is 0 Å². The van der Waals surface area contributed by atoms with Gasteiger partial charge in [-0.25, -0.2) is 4.99 Å². The normalized spacial score (nSPS) is 19.2. The number of hydrogen-bond donors (Lipinski definition) is 1. The minimum absolute atomic E-state index is 0.793. The molecular formula is C6H10N2S. The van der Waals surface area contributed by atoms with Crippen molar-refractivity contribution in [1.82, 2.24) is 4.90 Å². The van der Waals surface area contributed by atoms with Gasteiger partial charge in [0.2, 0.25) is 0 Å². The molecule has 9 heavy (non-hydrogen) atoms. The van der Waals surface area contributed by atoms with Gasteiger partial charge in [-0.2, -0.15) is 0 Å². The van der Waals surface area contributed by atoms with Crippen LogP contribution in [0, 0.1) is 0 Å². The molecule has 0 saturated heterocycles. The van der Waals surface area contributed by atoms with Crippen molar-refractivity contribution >= 4 is 18.3 Å².